The Bertz CT molecular complexity index is 604. The van der Waals surface area contributed by atoms with Crippen LogP contribution in [0, 0.1) is 5.92 Å². The summed E-state index contributed by atoms with van der Waals surface area (Å²) in [7, 11) is 0. The molecule has 5 nitrogen and oxygen atoms in total. The number of hydrogen-bond donors (Lipinski definition) is 4. The largest absolute Gasteiger partial charge is 0.399 e. The first-order chi connectivity index (χ1) is 9.52. The molecule has 0 aliphatic carbocycles. The number of nitrogens with two attached hydrogens (primary N) is 1. The van der Waals surface area contributed by atoms with E-state index in [4.69, 9.17) is 10.8 Å². The van der Waals surface area contributed by atoms with Gasteiger partial charge in [0.1, 0.15) is 0 Å². The Morgan fingerprint density at radius 1 is 1.45 bits per heavy atom. The van der Waals surface area contributed by atoms with Crippen LogP contribution >= 0.6 is 0 Å². The third-order valence-corrected chi connectivity index (χ3v) is 3.51. The van der Waals surface area contributed by atoms with Gasteiger partial charge in [0, 0.05) is 35.4 Å². The molecule has 1 aromatic carbocycles. The van der Waals surface area contributed by atoms with Crippen molar-refractivity contribution >= 4 is 22.5 Å². The number of fused-ring (bicyclic) bond motifs is 1. The molecule has 0 spiro atoms. The second kappa shape index (κ2) is 5.96. The summed E-state index contributed by atoms with van der Waals surface area (Å²) >= 11 is 0. The van der Waals surface area contributed by atoms with Crippen molar-refractivity contribution in [3.05, 3.63) is 30.0 Å². The van der Waals surface area contributed by atoms with Gasteiger partial charge in [-0.3, -0.25) is 4.79 Å². The van der Waals surface area contributed by atoms with Gasteiger partial charge in [-0.05, 0) is 30.5 Å². The maximum absolute atomic E-state index is 12.4. The van der Waals surface area contributed by atoms with Crippen LogP contribution in [0.1, 0.15) is 30.6 Å². The molecule has 1 amide bonds. The quantitative estimate of drug-likeness (QED) is 0.628. The highest BCUT2D eigenvalue weighted by molar-refractivity contribution is 6.07. The second-order valence-electron chi connectivity index (χ2n) is 5.34. The zero-order valence-corrected chi connectivity index (χ0v) is 11.8. The third kappa shape index (κ3) is 2.93. The van der Waals surface area contributed by atoms with Crippen molar-refractivity contribution in [3.8, 4) is 0 Å². The van der Waals surface area contributed by atoms with E-state index in [9.17, 15) is 4.79 Å². The number of carbonyl (C=O) groups excluding carboxylic acids is 1. The molecule has 0 bridgehead atoms. The number of nitrogens with one attached hydrogen (secondary N) is 2. The molecular formula is C15H21N3O2. The number of anilines is 1. The smallest absolute Gasteiger partial charge is 0.253 e. The van der Waals surface area contributed by atoms with E-state index in [2.05, 4.69) is 10.3 Å². The minimum Gasteiger partial charge on any atom is -0.399 e. The van der Waals surface area contributed by atoms with Crippen LogP contribution in [0.4, 0.5) is 5.69 Å². The lowest BCUT2D eigenvalue weighted by atomic mass is 10.0. The Kier molecular flexibility index (Phi) is 4.29. The minimum atomic E-state index is -0.144. The molecule has 1 atom stereocenters. The van der Waals surface area contributed by atoms with E-state index in [0.717, 1.165) is 10.9 Å². The summed E-state index contributed by atoms with van der Waals surface area (Å²) in [5, 5.41) is 12.8. The standard InChI is InChI=1S/C15H21N3O2/c1-9(2)13(5-6-19)18-15(20)12-8-17-14-4-3-10(16)7-11(12)14/h3-4,7-9,13,17,19H,5-6,16H2,1-2H3,(H,18,20). The summed E-state index contributed by atoms with van der Waals surface area (Å²) in [6.45, 7) is 4.10. The van der Waals surface area contributed by atoms with Crippen molar-refractivity contribution in [1.29, 1.82) is 0 Å². The normalized spacial score (nSPS) is 12.8. The Labute approximate surface area is 118 Å². The maximum atomic E-state index is 12.4. The van der Waals surface area contributed by atoms with Gasteiger partial charge in [0.15, 0.2) is 0 Å². The Balaban J connectivity index is 2.24. The number of amides is 1. The number of carbonyl (C=O) groups is 1. The number of rotatable bonds is 5. The molecule has 5 N–H and O–H groups in total. The van der Waals surface area contributed by atoms with E-state index in [1.54, 1.807) is 18.3 Å². The molecule has 0 aliphatic heterocycles. The van der Waals surface area contributed by atoms with Crippen LogP contribution in [0.15, 0.2) is 24.4 Å². The number of aromatic amines is 1. The van der Waals surface area contributed by atoms with E-state index < -0.39 is 0 Å². The second-order valence-corrected chi connectivity index (χ2v) is 5.34. The van der Waals surface area contributed by atoms with Crippen LogP contribution in [0.25, 0.3) is 10.9 Å². The van der Waals surface area contributed by atoms with Crippen molar-refractivity contribution < 1.29 is 9.90 Å². The van der Waals surface area contributed by atoms with Crippen LogP contribution in [0.5, 0.6) is 0 Å². The minimum absolute atomic E-state index is 0.0430. The fraction of sp³-hybridized carbons (Fsp3) is 0.400. The summed E-state index contributed by atoms with van der Waals surface area (Å²) in [5.74, 6) is 0.121. The van der Waals surface area contributed by atoms with Gasteiger partial charge in [-0.25, -0.2) is 0 Å². The molecule has 1 heterocycles. The van der Waals surface area contributed by atoms with Crippen molar-refractivity contribution in [2.75, 3.05) is 12.3 Å². The Morgan fingerprint density at radius 2 is 2.20 bits per heavy atom. The molecule has 0 fully saturated rings. The first-order valence-corrected chi connectivity index (χ1v) is 6.81. The predicted molar refractivity (Wildman–Crippen MR) is 80.5 cm³/mol. The van der Waals surface area contributed by atoms with Gasteiger partial charge in [0.05, 0.1) is 5.56 Å². The van der Waals surface area contributed by atoms with E-state index in [0.29, 0.717) is 17.7 Å². The number of nitrogen functional groups attached to an aromatic ring is 1. The van der Waals surface area contributed by atoms with Crippen molar-refractivity contribution in [3.63, 3.8) is 0 Å². The highest BCUT2D eigenvalue weighted by Gasteiger charge is 2.19. The molecule has 5 heteroatoms. The average Bonchev–Trinajstić information content (AvgIpc) is 2.80. The lowest BCUT2D eigenvalue weighted by molar-refractivity contribution is 0.0918. The fourth-order valence-corrected chi connectivity index (χ4v) is 2.28. The molecule has 1 unspecified atom stereocenters. The maximum Gasteiger partial charge on any atom is 0.253 e. The van der Waals surface area contributed by atoms with Crippen LogP contribution in [-0.4, -0.2) is 28.6 Å². The molecule has 108 valence electrons. The number of aliphatic hydroxyl groups is 1. The summed E-state index contributed by atoms with van der Waals surface area (Å²) in [6, 6.07) is 5.40. The monoisotopic (exact) mass is 275 g/mol. The van der Waals surface area contributed by atoms with Crippen molar-refractivity contribution in [1.82, 2.24) is 10.3 Å². The fourth-order valence-electron chi connectivity index (χ4n) is 2.28. The van der Waals surface area contributed by atoms with Gasteiger partial charge in [-0.2, -0.15) is 0 Å². The van der Waals surface area contributed by atoms with E-state index in [1.807, 2.05) is 19.9 Å². The molecule has 0 saturated carbocycles. The predicted octanol–water partition coefficient (Wildman–Crippen LogP) is 1.89. The Morgan fingerprint density at radius 3 is 2.85 bits per heavy atom. The summed E-state index contributed by atoms with van der Waals surface area (Å²) < 4.78 is 0. The molecule has 1 aromatic heterocycles. The topological polar surface area (TPSA) is 91.1 Å². The number of H-pyrrole nitrogens is 1. The summed E-state index contributed by atoms with van der Waals surface area (Å²) in [6.07, 6.45) is 2.24. The van der Waals surface area contributed by atoms with Crippen LogP contribution in [0.2, 0.25) is 0 Å². The lowest BCUT2D eigenvalue weighted by Gasteiger charge is -2.21. The summed E-state index contributed by atoms with van der Waals surface area (Å²) in [4.78, 5) is 15.4. The molecule has 0 aliphatic rings. The molecule has 0 saturated heterocycles. The van der Waals surface area contributed by atoms with E-state index >= 15 is 0 Å². The number of benzene rings is 1. The number of aromatic nitrogens is 1. The van der Waals surface area contributed by atoms with Gasteiger partial charge < -0.3 is 21.1 Å². The Hall–Kier alpha value is -2.01. The third-order valence-electron chi connectivity index (χ3n) is 3.51. The van der Waals surface area contributed by atoms with Gasteiger partial charge >= 0.3 is 0 Å². The zero-order chi connectivity index (χ0) is 14.7. The lowest BCUT2D eigenvalue weighted by Crippen LogP contribution is -2.39. The first-order valence-electron chi connectivity index (χ1n) is 6.81. The molecule has 0 radical (unpaired) electrons. The van der Waals surface area contributed by atoms with Crippen LogP contribution in [0.3, 0.4) is 0 Å². The number of hydrogen-bond acceptors (Lipinski definition) is 3. The van der Waals surface area contributed by atoms with Crippen LogP contribution in [-0.2, 0) is 0 Å². The average molecular weight is 275 g/mol. The van der Waals surface area contributed by atoms with Gasteiger partial charge in [-0.1, -0.05) is 13.8 Å². The zero-order valence-electron chi connectivity index (χ0n) is 11.8. The highest BCUT2D eigenvalue weighted by atomic mass is 16.3. The molecule has 2 aromatic rings. The molecule has 20 heavy (non-hydrogen) atoms. The van der Waals surface area contributed by atoms with Crippen molar-refractivity contribution in [2.45, 2.75) is 26.3 Å². The molecule has 2 rings (SSSR count). The van der Waals surface area contributed by atoms with E-state index in [1.165, 1.54) is 0 Å². The van der Waals surface area contributed by atoms with Gasteiger partial charge in [0.25, 0.3) is 5.91 Å². The van der Waals surface area contributed by atoms with E-state index in [-0.39, 0.29) is 24.5 Å². The first kappa shape index (κ1) is 14.4. The highest BCUT2D eigenvalue weighted by Crippen LogP contribution is 2.21. The SMILES string of the molecule is CC(C)C(CCO)NC(=O)c1c[nH]c2ccc(N)cc12. The van der Waals surface area contributed by atoms with Crippen LogP contribution < -0.4 is 11.1 Å². The van der Waals surface area contributed by atoms with Gasteiger partial charge in [-0.15, -0.1) is 0 Å². The van der Waals surface area contributed by atoms with Gasteiger partial charge in [0.2, 0.25) is 0 Å². The summed E-state index contributed by atoms with van der Waals surface area (Å²) in [5.41, 5.74) is 7.86. The van der Waals surface area contributed by atoms with Crippen molar-refractivity contribution in [2.24, 2.45) is 5.92 Å². The molecular weight excluding hydrogens is 254 g/mol. The number of aliphatic hydroxyl groups excluding tert-OH is 1.